The fourth-order valence-corrected chi connectivity index (χ4v) is 3.49. The molecule has 0 radical (unpaired) electrons. The molecule has 0 aliphatic heterocycles. The fraction of sp³-hybridized carbons (Fsp3) is 0.318. The van der Waals surface area contributed by atoms with Crippen molar-refractivity contribution in [1.29, 1.82) is 0 Å². The third-order valence-electron chi connectivity index (χ3n) is 5.01. The quantitative estimate of drug-likeness (QED) is 0.720. The zero-order chi connectivity index (χ0) is 18.9. The van der Waals surface area contributed by atoms with Crippen LogP contribution in [-0.4, -0.2) is 21.3 Å². The summed E-state index contributed by atoms with van der Waals surface area (Å²) in [5, 5.41) is 29.1. The lowest BCUT2D eigenvalue weighted by Gasteiger charge is -2.33. The number of phenols is 1. The molecular formula is C22H22O4. The highest BCUT2D eigenvalue weighted by atomic mass is 16.4. The molecule has 26 heavy (non-hydrogen) atoms. The molecule has 0 saturated carbocycles. The Balaban J connectivity index is 1.86. The summed E-state index contributed by atoms with van der Waals surface area (Å²) in [4.78, 5) is 10.9. The molecule has 0 aromatic heterocycles. The molecule has 4 heteroatoms. The molecule has 0 bridgehead atoms. The molecule has 2 aromatic carbocycles. The average molecular weight is 350 g/mol. The van der Waals surface area contributed by atoms with Gasteiger partial charge >= 0.3 is 5.97 Å². The van der Waals surface area contributed by atoms with Crippen LogP contribution in [0.5, 0.6) is 5.75 Å². The Bertz CT molecular complexity index is 915. The number of rotatable bonds is 2. The van der Waals surface area contributed by atoms with E-state index in [0.717, 1.165) is 18.4 Å². The molecule has 0 saturated heterocycles. The van der Waals surface area contributed by atoms with Crippen molar-refractivity contribution in [2.45, 2.75) is 44.6 Å². The molecule has 1 atom stereocenters. The van der Waals surface area contributed by atoms with E-state index in [1.54, 1.807) is 0 Å². The first-order valence-corrected chi connectivity index (χ1v) is 8.67. The molecule has 1 aliphatic rings. The average Bonchev–Trinajstić information content (AvgIpc) is 2.59. The van der Waals surface area contributed by atoms with Crippen LogP contribution in [0.3, 0.4) is 0 Å². The number of aromatic hydroxyl groups is 1. The van der Waals surface area contributed by atoms with Crippen molar-refractivity contribution in [2.24, 2.45) is 0 Å². The van der Waals surface area contributed by atoms with Crippen molar-refractivity contribution in [3.63, 3.8) is 0 Å². The number of hydrogen-bond acceptors (Lipinski definition) is 3. The van der Waals surface area contributed by atoms with E-state index in [-0.39, 0.29) is 16.7 Å². The summed E-state index contributed by atoms with van der Waals surface area (Å²) in [5.74, 6) is 4.04. The highest BCUT2D eigenvalue weighted by molar-refractivity contribution is 5.90. The van der Waals surface area contributed by atoms with E-state index < -0.39 is 12.1 Å². The number of carboxylic acids is 1. The number of aliphatic hydroxyl groups is 1. The van der Waals surface area contributed by atoms with Gasteiger partial charge in [0.15, 0.2) is 0 Å². The van der Waals surface area contributed by atoms with E-state index in [0.29, 0.717) is 5.56 Å². The zero-order valence-electron chi connectivity index (χ0n) is 14.9. The molecule has 3 rings (SSSR count). The summed E-state index contributed by atoms with van der Waals surface area (Å²) in [6.07, 6.45) is 2.42. The van der Waals surface area contributed by atoms with Crippen molar-refractivity contribution >= 4 is 5.97 Å². The Morgan fingerprint density at radius 1 is 1.19 bits per heavy atom. The second-order valence-corrected chi connectivity index (χ2v) is 7.36. The van der Waals surface area contributed by atoms with Crippen molar-refractivity contribution < 1.29 is 20.1 Å². The first kappa shape index (κ1) is 18.0. The van der Waals surface area contributed by atoms with Crippen LogP contribution in [0.25, 0.3) is 0 Å². The van der Waals surface area contributed by atoms with E-state index in [1.807, 2.05) is 12.1 Å². The number of carbonyl (C=O) groups is 1. The van der Waals surface area contributed by atoms with Gasteiger partial charge in [-0.05, 0) is 59.6 Å². The predicted molar refractivity (Wildman–Crippen MR) is 99.3 cm³/mol. The van der Waals surface area contributed by atoms with Gasteiger partial charge in [-0.25, -0.2) is 4.79 Å². The molecule has 1 aliphatic carbocycles. The van der Waals surface area contributed by atoms with E-state index in [1.165, 1.54) is 35.7 Å². The number of benzene rings is 2. The minimum Gasteiger partial charge on any atom is -0.507 e. The Morgan fingerprint density at radius 2 is 1.96 bits per heavy atom. The van der Waals surface area contributed by atoms with Gasteiger partial charge in [-0.15, -0.1) is 0 Å². The van der Waals surface area contributed by atoms with Gasteiger partial charge in [0.05, 0.1) is 0 Å². The van der Waals surface area contributed by atoms with Crippen molar-refractivity contribution in [3.05, 3.63) is 64.2 Å². The maximum Gasteiger partial charge on any atom is 0.339 e. The molecular weight excluding hydrogens is 328 g/mol. The van der Waals surface area contributed by atoms with Crippen LogP contribution in [0.2, 0.25) is 0 Å². The van der Waals surface area contributed by atoms with Gasteiger partial charge in [0.1, 0.15) is 17.4 Å². The highest BCUT2D eigenvalue weighted by Crippen LogP contribution is 2.37. The lowest BCUT2D eigenvalue weighted by molar-refractivity contribution is 0.0693. The zero-order valence-corrected chi connectivity index (χ0v) is 14.9. The van der Waals surface area contributed by atoms with E-state index in [4.69, 9.17) is 5.11 Å². The van der Waals surface area contributed by atoms with Crippen LogP contribution >= 0.6 is 0 Å². The van der Waals surface area contributed by atoms with Crippen LogP contribution in [-0.2, 0) is 11.8 Å². The molecule has 0 spiro atoms. The number of hydrogen-bond donors (Lipinski definition) is 3. The van der Waals surface area contributed by atoms with E-state index in [2.05, 4.69) is 31.8 Å². The van der Waals surface area contributed by atoms with E-state index in [9.17, 15) is 15.0 Å². The Hall–Kier alpha value is -2.77. The van der Waals surface area contributed by atoms with Crippen LogP contribution in [0.4, 0.5) is 0 Å². The van der Waals surface area contributed by atoms with Crippen LogP contribution in [0, 0.1) is 11.8 Å². The Labute approximate surface area is 153 Å². The third-order valence-corrected chi connectivity index (χ3v) is 5.01. The van der Waals surface area contributed by atoms with Gasteiger partial charge in [-0.2, -0.15) is 0 Å². The van der Waals surface area contributed by atoms with Gasteiger partial charge in [-0.3, -0.25) is 0 Å². The number of aromatic carboxylic acids is 1. The van der Waals surface area contributed by atoms with E-state index >= 15 is 0 Å². The third kappa shape index (κ3) is 3.58. The maximum atomic E-state index is 10.9. The second-order valence-electron chi connectivity index (χ2n) is 7.36. The number of fused-ring (bicyclic) bond motifs is 1. The molecule has 2 aromatic rings. The molecule has 0 amide bonds. The van der Waals surface area contributed by atoms with Crippen LogP contribution < -0.4 is 0 Å². The normalized spacial score (nSPS) is 16.1. The Kier molecular flexibility index (Phi) is 4.76. The summed E-state index contributed by atoms with van der Waals surface area (Å²) in [6.45, 7) is 4.44. The van der Waals surface area contributed by atoms with Crippen LogP contribution in [0.15, 0.2) is 36.4 Å². The van der Waals surface area contributed by atoms with Crippen molar-refractivity contribution in [3.8, 4) is 17.6 Å². The summed E-state index contributed by atoms with van der Waals surface area (Å²) < 4.78 is 0. The van der Waals surface area contributed by atoms with Gasteiger partial charge in [0, 0.05) is 5.56 Å². The molecule has 0 fully saturated rings. The van der Waals surface area contributed by atoms with Crippen LogP contribution in [0.1, 0.15) is 65.4 Å². The number of aliphatic hydroxyl groups excluding tert-OH is 1. The minimum atomic E-state index is -1.20. The smallest absolute Gasteiger partial charge is 0.339 e. The molecule has 4 nitrogen and oxygen atoms in total. The van der Waals surface area contributed by atoms with Gasteiger partial charge in [0.2, 0.25) is 0 Å². The highest BCUT2D eigenvalue weighted by Gasteiger charge is 2.27. The molecule has 3 N–H and O–H groups in total. The SMILES string of the molecule is CC1(C)CCCc2ccc(C(O)C#Cc3ccc(C(=O)O)c(O)c3)cc21. The lowest BCUT2D eigenvalue weighted by atomic mass is 9.72. The molecule has 134 valence electrons. The summed E-state index contributed by atoms with van der Waals surface area (Å²) in [7, 11) is 0. The van der Waals surface area contributed by atoms with Crippen molar-refractivity contribution in [2.75, 3.05) is 0 Å². The largest absolute Gasteiger partial charge is 0.507 e. The number of aryl methyl sites for hydroxylation is 1. The van der Waals surface area contributed by atoms with Gasteiger partial charge in [0.25, 0.3) is 0 Å². The van der Waals surface area contributed by atoms with Gasteiger partial charge < -0.3 is 15.3 Å². The predicted octanol–water partition coefficient (Wildman–Crippen LogP) is 3.79. The van der Waals surface area contributed by atoms with Crippen molar-refractivity contribution in [1.82, 2.24) is 0 Å². The second kappa shape index (κ2) is 6.86. The summed E-state index contributed by atoms with van der Waals surface area (Å²) >= 11 is 0. The molecule has 0 heterocycles. The maximum absolute atomic E-state index is 10.9. The summed E-state index contributed by atoms with van der Waals surface area (Å²) in [5.41, 5.74) is 3.72. The monoisotopic (exact) mass is 350 g/mol. The standard InChI is InChI=1S/C22H22O4/c1-22(2)11-3-4-15-7-8-16(13-18(15)22)19(23)10-6-14-5-9-17(21(25)26)20(24)12-14/h5,7-9,12-13,19,23-24H,3-4,11H2,1-2H3,(H,25,26). The fourth-order valence-electron chi connectivity index (χ4n) is 3.49. The number of carboxylic acid groups (broad SMARTS) is 1. The first-order valence-electron chi connectivity index (χ1n) is 8.67. The van der Waals surface area contributed by atoms with Gasteiger partial charge in [-0.1, -0.05) is 43.9 Å². The summed E-state index contributed by atoms with van der Waals surface area (Å²) in [6, 6.07) is 10.1. The molecule has 1 unspecified atom stereocenters. The minimum absolute atomic E-state index is 0.0925. The topological polar surface area (TPSA) is 77.8 Å². The first-order chi connectivity index (χ1) is 12.3. The Morgan fingerprint density at radius 3 is 2.65 bits per heavy atom. The lowest BCUT2D eigenvalue weighted by Crippen LogP contribution is -2.24.